The molecule has 2 rings (SSSR count). The maximum Gasteiger partial charge on any atom is 0.237 e. The standard InChI is InChI=1S/C24H34N2O2/c1-17(2)15-21(25)23(27)26-22(16-18(3)4)24(28,19-11-7-5-8-12-19)20-13-9-6-10-14-20/h5-14,17-18,21-22,28H,15-16,25H2,1-4H3,(H,26,27)/t21-,22-/m0/s1. The van der Waals surface area contributed by atoms with Crippen molar-refractivity contribution < 1.29 is 9.90 Å². The molecule has 0 aliphatic rings. The molecule has 2 aromatic carbocycles. The number of carbonyl (C=O) groups is 1. The third-order valence-electron chi connectivity index (χ3n) is 5.02. The van der Waals surface area contributed by atoms with Gasteiger partial charge in [-0.1, -0.05) is 88.4 Å². The second-order valence-corrected chi connectivity index (χ2v) is 8.43. The van der Waals surface area contributed by atoms with E-state index >= 15 is 0 Å². The summed E-state index contributed by atoms with van der Waals surface area (Å²) in [4.78, 5) is 12.8. The van der Waals surface area contributed by atoms with Gasteiger partial charge in [0.2, 0.25) is 5.91 Å². The molecule has 152 valence electrons. The van der Waals surface area contributed by atoms with Crippen LogP contribution in [0.25, 0.3) is 0 Å². The summed E-state index contributed by atoms with van der Waals surface area (Å²) in [6.45, 7) is 8.26. The average Bonchev–Trinajstić information content (AvgIpc) is 2.67. The van der Waals surface area contributed by atoms with Crippen LogP contribution >= 0.6 is 0 Å². The number of benzene rings is 2. The van der Waals surface area contributed by atoms with Crippen LogP contribution in [0.15, 0.2) is 60.7 Å². The van der Waals surface area contributed by atoms with Gasteiger partial charge in [-0.25, -0.2) is 0 Å². The highest BCUT2D eigenvalue weighted by molar-refractivity contribution is 5.82. The lowest BCUT2D eigenvalue weighted by Gasteiger charge is -2.39. The van der Waals surface area contributed by atoms with Crippen molar-refractivity contribution in [3.63, 3.8) is 0 Å². The van der Waals surface area contributed by atoms with Crippen molar-refractivity contribution in [1.29, 1.82) is 0 Å². The Labute approximate surface area is 169 Å². The van der Waals surface area contributed by atoms with E-state index in [0.29, 0.717) is 18.8 Å². The molecule has 1 amide bonds. The van der Waals surface area contributed by atoms with Gasteiger partial charge in [-0.15, -0.1) is 0 Å². The van der Waals surface area contributed by atoms with Crippen molar-refractivity contribution in [2.75, 3.05) is 0 Å². The van der Waals surface area contributed by atoms with Crippen molar-refractivity contribution in [2.24, 2.45) is 17.6 Å². The molecular formula is C24H34N2O2. The molecule has 0 aliphatic heterocycles. The molecule has 0 fully saturated rings. The number of nitrogens with two attached hydrogens (primary N) is 1. The van der Waals surface area contributed by atoms with E-state index in [-0.39, 0.29) is 11.8 Å². The van der Waals surface area contributed by atoms with Crippen LogP contribution in [-0.4, -0.2) is 23.1 Å². The Morgan fingerprint density at radius 3 is 1.71 bits per heavy atom. The quantitative estimate of drug-likeness (QED) is 0.617. The molecule has 0 spiro atoms. The first-order valence-corrected chi connectivity index (χ1v) is 10.1. The Morgan fingerprint density at radius 2 is 1.32 bits per heavy atom. The predicted molar refractivity (Wildman–Crippen MR) is 115 cm³/mol. The van der Waals surface area contributed by atoms with Gasteiger partial charge in [-0.2, -0.15) is 0 Å². The minimum atomic E-state index is -1.35. The van der Waals surface area contributed by atoms with E-state index < -0.39 is 17.7 Å². The summed E-state index contributed by atoms with van der Waals surface area (Å²) >= 11 is 0. The van der Waals surface area contributed by atoms with Crippen molar-refractivity contribution >= 4 is 5.91 Å². The highest BCUT2D eigenvalue weighted by Crippen LogP contribution is 2.35. The van der Waals surface area contributed by atoms with Crippen molar-refractivity contribution in [1.82, 2.24) is 5.32 Å². The number of rotatable bonds is 9. The van der Waals surface area contributed by atoms with Crippen molar-refractivity contribution in [3.8, 4) is 0 Å². The molecule has 0 unspecified atom stereocenters. The Kier molecular flexibility index (Phi) is 7.78. The van der Waals surface area contributed by atoms with Gasteiger partial charge in [0.05, 0.1) is 12.1 Å². The van der Waals surface area contributed by atoms with Gasteiger partial charge >= 0.3 is 0 Å². The third-order valence-corrected chi connectivity index (χ3v) is 5.02. The summed E-state index contributed by atoms with van der Waals surface area (Å²) in [6, 6.07) is 18.0. The highest BCUT2D eigenvalue weighted by atomic mass is 16.3. The Morgan fingerprint density at radius 1 is 0.893 bits per heavy atom. The van der Waals surface area contributed by atoms with Crippen LogP contribution < -0.4 is 11.1 Å². The average molecular weight is 383 g/mol. The molecule has 4 N–H and O–H groups in total. The van der Waals surface area contributed by atoms with E-state index in [2.05, 4.69) is 19.2 Å². The molecule has 4 nitrogen and oxygen atoms in total. The summed E-state index contributed by atoms with van der Waals surface area (Å²) in [5, 5.41) is 15.1. The van der Waals surface area contributed by atoms with Gasteiger partial charge < -0.3 is 16.2 Å². The zero-order valence-corrected chi connectivity index (χ0v) is 17.4. The first-order chi connectivity index (χ1) is 13.2. The number of carbonyl (C=O) groups excluding carboxylic acids is 1. The fraction of sp³-hybridized carbons (Fsp3) is 0.458. The summed E-state index contributed by atoms with van der Waals surface area (Å²) < 4.78 is 0. The number of hydrogen-bond acceptors (Lipinski definition) is 3. The van der Waals surface area contributed by atoms with Crippen molar-refractivity contribution in [2.45, 2.75) is 58.2 Å². The number of nitrogens with one attached hydrogen (secondary N) is 1. The molecule has 2 aromatic rings. The minimum absolute atomic E-state index is 0.218. The lowest BCUT2D eigenvalue weighted by molar-refractivity contribution is -0.125. The van der Waals surface area contributed by atoms with Gasteiger partial charge in [0.25, 0.3) is 0 Å². The van der Waals surface area contributed by atoms with E-state index in [9.17, 15) is 9.90 Å². The molecule has 0 aliphatic carbocycles. The van der Waals surface area contributed by atoms with Gasteiger partial charge in [0, 0.05) is 0 Å². The maximum atomic E-state index is 12.8. The van der Waals surface area contributed by atoms with Crippen LogP contribution in [0.5, 0.6) is 0 Å². The van der Waals surface area contributed by atoms with E-state index in [1.165, 1.54) is 0 Å². The molecule has 28 heavy (non-hydrogen) atoms. The topological polar surface area (TPSA) is 75.4 Å². The summed E-state index contributed by atoms with van der Waals surface area (Å²) in [5.74, 6) is 0.390. The highest BCUT2D eigenvalue weighted by Gasteiger charge is 2.41. The molecule has 0 bridgehead atoms. The van der Waals surface area contributed by atoms with Crippen molar-refractivity contribution in [3.05, 3.63) is 71.8 Å². The number of hydrogen-bond donors (Lipinski definition) is 3. The molecule has 0 saturated heterocycles. The largest absolute Gasteiger partial charge is 0.378 e. The summed E-state index contributed by atoms with van der Waals surface area (Å²) in [5.41, 5.74) is 6.29. The van der Waals surface area contributed by atoms with Crippen LogP contribution in [0.2, 0.25) is 0 Å². The number of amides is 1. The van der Waals surface area contributed by atoms with Crippen LogP contribution in [0.4, 0.5) is 0 Å². The van der Waals surface area contributed by atoms with Gasteiger partial charge in [-0.3, -0.25) is 4.79 Å². The number of aliphatic hydroxyl groups is 1. The fourth-order valence-electron chi connectivity index (χ4n) is 3.65. The predicted octanol–water partition coefficient (Wildman–Crippen LogP) is 3.83. The van der Waals surface area contributed by atoms with E-state index in [1.54, 1.807) is 0 Å². The lowest BCUT2D eigenvalue weighted by Crippen LogP contribution is -2.55. The fourth-order valence-corrected chi connectivity index (χ4v) is 3.65. The Bertz CT molecular complexity index is 689. The summed E-state index contributed by atoms with van der Waals surface area (Å²) in [7, 11) is 0. The van der Waals surface area contributed by atoms with Gasteiger partial charge in [-0.05, 0) is 35.8 Å². The minimum Gasteiger partial charge on any atom is -0.378 e. The zero-order chi connectivity index (χ0) is 20.7. The molecular weight excluding hydrogens is 348 g/mol. The summed E-state index contributed by atoms with van der Waals surface area (Å²) in [6.07, 6.45) is 1.23. The van der Waals surface area contributed by atoms with E-state index in [1.807, 2.05) is 74.5 Å². The third kappa shape index (κ3) is 5.43. The van der Waals surface area contributed by atoms with Crippen LogP contribution in [0.3, 0.4) is 0 Å². The smallest absolute Gasteiger partial charge is 0.237 e. The SMILES string of the molecule is CC(C)C[C@H](NC(=O)[C@@H](N)CC(C)C)C(O)(c1ccccc1)c1ccccc1. The van der Waals surface area contributed by atoms with Crippen LogP contribution in [-0.2, 0) is 10.4 Å². The van der Waals surface area contributed by atoms with E-state index in [4.69, 9.17) is 5.73 Å². The molecule has 0 saturated carbocycles. The first kappa shape index (κ1) is 22.1. The van der Waals surface area contributed by atoms with E-state index in [0.717, 1.165) is 11.1 Å². The molecule has 0 aromatic heterocycles. The second-order valence-electron chi connectivity index (χ2n) is 8.43. The maximum absolute atomic E-state index is 12.8. The zero-order valence-electron chi connectivity index (χ0n) is 17.4. The first-order valence-electron chi connectivity index (χ1n) is 10.1. The lowest BCUT2D eigenvalue weighted by atomic mass is 9.77. The normalized spacial score (nSPS) is 14.1. The second kappa shape index (κ2) is 9.85. The molecule has 2 atom stereocenters. The van der Waals surface area contributed by atoms with Gasteiger partial charge in [0.1, 0.15) is 5.60 Å². The van der Waals surface area contributed by atoms with Gasteiger partial charge in [0.15, 0.2) is 0 Å². The Hall–Kier alpha value is -2.17. The molecule has 0 heterocycles. The van der Waals surface area contributed by atoms with Crippen LogP contribution in [0, 0.1) is 11.8 Å². The Balaban J connectivity index is 2.47. The van der Waals surface area contributed by atoms with Crippen LogP contribution in [0.1, 0.15) is 51.7 Å². The molecule has 4 heteroatoms. The molecule has 0 radical (unpaired) electrons. The monoisotopic (exact) mass is 382 g/mol.